The summed E-state index contributed by atoms with van der Waals surface area (Å²) in [7, 11) is 0. The monoisotopic (exact) mass is 295 g/mol. The van der Waals surface area contributed by atoms with Gasteiger partial charge in [-0.15, -0.1) is 0 Å². The van der Waals surface area contributed by atoms with Gasteiger partial charge in [0.15, 0.2) is 0 Å². The van der Waals surface area contributed by atoms with Crippen molar-refractivity contribution >= 4 is 17.5 Å². The minimum absolute atomic E-state index is 0.263. The normalized spacial score (nSPS) is 9.86. The number of nitriles is 1. The quantitative estimate of drug-likeness (QED) is 0.885. The Labute approximate surface area is 129 Å². The molecule has 112 valence electrons. The van der Waals surface area contributed by atoms with Gasteiger partial charge < -0.3 is 10.6 Å². The van der Waals surface area contributed by atoms with Gasteiger partial charge in [-0.25, -0.2) is 9.97 Å². The number of amides is 1. The summed E-state index contributed by atoms with van der Waals surface area (Å²) in [6.07, 6.45) is 0.939. The molecule has 0 saturated carbocycles. The van der Waals surface area contributed by atoms with Crippen molar-refractivity contribution in [1.29, 1.82) is 5.26 Å². The predicted octanol–water partition coefficient (Wildman–Crippen LogP) is 2.73. The second-order valence-electron chi connectivity index (χ2n) is 4.76. The van der Waals surface area contributed by atoms with Gasteiger partial charge in [0.05, 0.1) is 11.3 Å². The summed E-state index contributed by atoms with van der Waals surface area (Å²) in [6.45, 7) is 4.58. The zero-order valence-electron chi connectivity index (χ0n) is 12.6. The first-order valence-electron chi connectivity index (χ1n) is 7.04. The second kappa shape index (κ2) is 7.18. The smallest absolute Gasteiger partial charge is 0.274 e. The molecular formula is C16H17N5O. The van der Waals surface area contributed by atoms with Crippen LogP contribution in [0.5, 0.6) is 0 Å². The number of hydrogen-bond donors (Lipinski definition) is 2. The fourth-order valence-corrected chi connectivity index (χ4v) is 1.88. The maximum absolute atomic E-state index is 12.3. The van der Waals surface area contributed by atoms with E-state index in [0.717, 1.165) is 13.0 Å². The van der Waals surface area contributed by atoms with Crippen LogP contribution >= 0.6 is 0 Å². The molecule has 0 aliphatic heterocycles. The minimum atomic E-state index is -0.368. The lowest BCUT2D eigenvalue weighted by atomic mass is 10.2. The van der Waals surface area contributed by atoms with Crippen molar-refractivity contribution < 1.29 is 4.79 Å². The first kappa shape index (κ1) is 15.4. The number of anilines is 2. The molecule has 2 rings (SSSR count). The maximum atomic E-state index is 12.3. The van der Waals surface area contributed by atoms with E-state index in [4.69, 9.17) is 5.26 Å². The fraction of sp³-hybridized carbons (Fsp3) is 0.250. The van der Waals surface area contributed by atoms with E-state index in [2.05, 4.69) is 20.6 Å². The molecule has 6 heteroatoms. The SMILES string of the molecule is CCCNc1nc(C)cc(C(=O)Nc2ccccc2C#N)n1. The van der Waals surface area contributed by atoms with Crippen LogP contribution in [-0.2, 0) is 0 Å². The number of hydrogen-bond acceptors (Lipinski definition) is 5. The van der Waals surface area contributed by atoms with Crippen LogP contribution in [0, 0.1) is 18.3 Å². The van der Waals surface area contributed by atoms with Crippen molar-refractivity contribution in [2.75, 3.05) is 17.2 Å². The minimum Gasteiger partial charge on any atom is -0.354 e. The van der Waals surface area contributed by atoms with Crippen molar-refractivity contribution in [3.8, 4) is 6.07 Å². The largest absolute Gasteiger partial charge is 0.354 e. The molecule has 0 aliphatic rings. The van der Waals surface area contributed by atoms with E-state index in [1.807, 2.05) is 13.0 Å². The first-order chi connectivity index (χ1) is 10.6. The number of benzene rings is 1. The highest BCUT2D eigenvalue weighted by molar-refractivity contribution is 6.03. The molecule has 0 atom stereocenters. The lowest BCUT2D eigenvalue weighted by molar-refractivity contribution is 0.102. The Bertz CT molecular complexity index is 721. The third-order valence-electron chi connectivity index (χ3n) is 2.92. The molecule has 1 amide bonds. The molecule has 0 unspecified atom stereocenters. The number of rotatable bonds is 5. The van der Waals surface area contributed by atoms with Gasteiger partial charge in [-0.2, -0.15) is 5.26 Å². The topological polar surface area (TPSA) is 90.7 Å². The van der Waals surface area contributed by atoms with Gasteiger partial charge in [0.25, 0.3) is 5.91 Å². The standard InChI is InChI=1S/C16H17N5O/c1-3-8-18-16-19-11(2)9-14(21-16)15(22)20-13-7-5-4-6-12(13)10-17/h4-7,9H,3,8H2,1-2H3,(H,20,22)(H,18,19,21). The molecular weight excluding hydrogens is 278 g/mol. The van der Waals surface area contributed by atoms with Crippen LogP contribution in [0.4, 0.5) is 11.6 Å². The summed E-state index contributed by atoms with van der Waals surface area (Å²) in [6, 6.07) is 10.5. The van der Waals surface area contributed by atoms with Gasteiger partial charge in [-0.3, -0.25) is 4.79 Å². The number of para-hydroxylation sites is 1. The van der Waals surface area contributed by atoms with Gasteiger partial charge in [-0.1, -0.05) is 19.1 Å². The Hall–Kier alpha value is -2.94. The highest BCUT2D eigenvalue weighted by Crippen LogP contribution is 2.15. The van der Waals surface area contributed by atoms with Gasteiger partial charge in [0.1, 0.15) is 11.8 Å². The van der Waals surface area contributed by atoms with Crippen LogP contribution in [0.25, 0.3) is 0 Å². The summed E-state index contributed by atoms with van der Waals surface area (Å²) in [5, 5.41) is 14.8. The average molecular weight is 295 g/mol. The molecule has 0 fully saturated rings. The summed E-state index contributed by atoms with van der Waals surface area (Å²) < 4.78 is 0. The number of nitrogens with one attached hydrogen (secondary N) is 2. The predicted molar refractivity (Wildman–Crippen MR) is 84.7 cm³/mol. The van der Waals surface area contributed by atoms with Crippen LogP contribution < -0.4 is 10.6 Å². The number of nitrogens with zero attached hydrogens (tertiary/aromatic N) is 3. The summed E-state index contributed by atoms with van der Waals surface area (Å²) in [5.74, 6) is 0.0633. The lowest BCUT2D eigenvalue weighted by Gasteiger charge is -2.09. The zero-order valence-corrected chi connectivity index (χ0v) is 12.6. The highest BCUT2D eigenvalue weighted by Gasteiger charge is 2.12. The van der Waals surface area contributed by atoms with E-state index < -0.39 is 0 Å². The maximum Gasteiger partial charge on any atom is 0.274 e. The molecule has 0 aliphatic carbocycles. The van der Waals surface area contributed by atoms with Gasteiger partial charge in [0, 0.05) is 12.2 Å². The molecule has 6 nitrogen and oxygen atoms in total. The third-order valence-corrected chi connectivity index (χ3v) is 2.92. The number of aryl methyl sites for hydroxylation is 1. The molecule has 22 heavy (non-hydrogen) atoms. The fourth-order valence-electron chi connectivity index (χ4n) is 1.88. The first-order valence-corrected chi connectivity index (χ1v) is 7.04. The zero-order chi connectivity index (χ0) is 15.9. The Kier molecular flexibility index (Phi) is 5.04. The van der Waals surface area contributed by atoms with Crippen LogP contribution in [0.1, 0.15) is 35.1 Å². The van der Waals surface area contributed by atoms with Gasteiger partial charge in [-0.05, 0) is 31.5 Å². The molecule has 1 aromatic heterocycles. The van der Waals surface area contributed by atoms with Crippen molar-refractivity contribution in [2.45, 2.75) is 20.3 Å². The summed E-state index contributed by atoms with van der Waals surface area (Å²) >= 11 is 0. The lowest BCUT2D eigenvalue weighted by Crippen LogP contribution is -2.17. The number of carbonyl (C=O) groups is 1. The van der Waals surface area contributed by atoms with Crippen LogP contribution in [0.2, 0.25) is 0 Å². The van der Waals surface area contributed by atoms with E-state index in [1.165, 1.54) is 0 Å². The molecule has 1 aromatic carbocycles. The van der Waals surface area contributed by atoms with Crippen molar-refractivity contribution in [1.82, 2.24) is 9.97 Å². The summed E-state index contributed by atoms with van der Waals surface area (Å²) in [4.78, 5) is 20.8. The van der Waals surface area contributed by atoms with Crippen molar-refractivity contribution in [3.63, 3.8) is 0 Å². The van der Waals surface area contributed by atoms with Crippen LogP contribution in [-0.4, -0.2) is 22.4 Å². The second-order valence-corrected chi connectivity index (χ2v) is 4.76. The molecule has 0 radical (unpaired) electrons. The van der Waals surface area contributed by atoms with Crippen molar-refractivity contribution in [2.24, 2.45) is 0 Å². The summed E-state index contributed by atoms with van der Waals surface area (Å²) in [5.41, 5.74) is 1.84. The number of carbonyl (C=O) groups excluding carboxylic acids is 1. The Morgan fingerprint density at radius 1 is 1.32 bits per heavy atom. The van der Waals surface area contributed by atoms with Crippen LogP contribution in [0.3, 0.4) is 0 Å². The van der Waals surface area contributed by atoms with E-state index in [9.17, 15) is 4.79 Å². The molecule has 2 aromatic rings. The van der Waals surface area contributed by atoms with E-state index in [-0.39, 0.29) is 11.6 Å². The Morgan fingerprint density at radius 2 is 2.09 bits per heavy atom. The highest BCUT2D eigenvalue weighted by atomic mass is 16.1. The Morgan fingerprint density at radius 3 is 2.82 bits per heavy atom. The average Bonchev–Trinajstić information content (AvgIpc) is 2.53. The van der Waals surface area contributed by atoms with Crippen molar-refractivity contribution in [3.05, 3.63) is 47.3 Å². The number of aromatic nitrogens is 2. The third kappa shape index (κ3) is 3.79. The molecule has 2 N–H and O–H groups in total. The van der Waals surface area contributed by atoms with E-state index in [0.29, 0.717) is 22.9 Å². The molecule has 1 heterocycles. The van der Waals surface area contributed by atoms with E-state index >= 15 is 0 Å². The van der Waals surface area contributed by atoms with Gasteiger partial charge in [0.2, 0.25) is 5.95 Å². The molecule has 0 saturated heterocycles. The Balaban J connectivity index is 2.22. The van der Waals surface area contributed by atoms with Gasteiger partial charge >= 0.3 is 0 Å². The molecule has 0 bridgehead atoms. The van der Waals surface area contributed by atoms with Crippen LogP contribution in [0.15, 0.2) is 30.3 Å². The molecule has 0 spiro atoms. The van der Waals surface area contributed by atoms with E-state index in [1.54, 1.807) is 37.3 Å².